The number of carbonyl (C=O) groups is 1. The molecule has 0 radical (unpaired) electrons. The fourth-order valence-electron chi connectivity index (χ4n) is 1.68. The van der Waals surface area contributed by atoms with E-state index in [1.54, 1.807) is 0 Å². The van der Waals surface area contributed by atoms with Crippen LogP contribution in [0.2, 0.25) is 0 Å². The van der Waals surface area contributed by atoms with Crippen LogP contribution < -0.4 is 4.48 Å². The third-order valence-corrected chi connectivity index (χ3v) is 2.70. The molecular formula is C11H16NO2+. The smallest absolute Gasteiger partial charge is 0.435 e. The van der Waals surface area contributed by atoms with Crippen LogP contribution in [0.15, 0.2) is 30.3 Å². The van der Waals surface area contributed by atoms with Gasteiger partial charge in [0.25, 0.3) is 0 Å². The van der Waals surface area contributed by atoms with Gasteiger partial charge in [0.05, 0.1) is 13.1 Å². The maximum Gasteiger partial charge on any atom is 0.518 e. The molecule has 1 aromatic carbocycles. The molecule has 0 unspecified atom stereocenters. The van der Waals surface area contributed by atoms with Crippen molar-refractivity contribution in [3.05, 3.63) is 30.3 Å². The first-order valence-electron chi connectivity index (χ1n) is 4.83. The lowest BCUT2D eigenvalue weighted by Crippen LogP contribution is -2.53. The molecule has 0 atom stereocenters. The third kappa shape index (κ3) is 1.63. The minimum absolute atomic E-state index is 0.000833. The van der Waals surface area contributed by atoms with Crippen LogP contribution in [0.25, 0.3) is 0 Å². The summed E-state index contributed by atoms with van der Waals surface area (Å²) in [4.78, 5) is 11.3. The highest BCUT2D eigenvalue weighted by Crippen LogP contribution is 2.22. The van der Waals surface area contributed by atoms with Crippen LogP contribution in [0.3, 0.4) is 0 Å². The van der Waals surface area contributed by atoms with Gasteiger partial charge in [0, 0.05) is 0 Å². The largest absolute Gasteiger partial charge is 0.518 e. The molecule has 14 heavy (non-hydrogen) atoms. The molecule has 1 N–H and O–H groups in total. The summed E-state index contributed by atoms with van der Waals surface area (Å²) in [6.45, 7) is 4.92. The molecule has 0 heterocycles. The van der Waals surface area contributed by atoms with Crippen LogP contribution in [0.4, 0.5) is 10.5 Å². The van der Waals surface area contributed by atoms with Crippen molar-refractivity contribution >= 4 is 11.8 Å². The Bertz CT molecular complexity index is 304. The van der Waals surface area contributed by atoms with E-state index < -0.39 is 6.09 Å². The molecule has 1 amide bonds. The number of hydrogen-bond acceptors (Lipinski definition) is 1. The first-order valence-corrected chi connectivity index (χ1v) is 4.83. The number of quaternary nitrogens is 1. The number of hydrogen-bond donors (Lipinski definition) is 1. The highest BCUT2D eigenvalue weighted by atomic mass is 16.4. The molecule has 3 heteroatoms. The van der Waals surface area contributed by atoms with Gasteiger partial charge in [-0.15, -0.1) is 0 Å². The van der Waals surface area contributed by atoms with Crippen LogP contribution in [0.1, 0.15) is 13.8 Å². The second-order valence-corrected chi connectivity index (χ2v) is 3.22. The van der Waals surface area contributed by atoms with E-state index >= 15 is 0 Å². The first kappa shape index (κ1) is 10.7. The molecule has 0 spiro atoms. The molecule has 1 aromatic rings. The Morgan fingerprint density at radius 2 is 1.71 bits per heavy atom. The van der Waals surface area contributed by atoms with Crippen LogP contribution >= 0.6 is 0 Å². The summed E-state index contributed by atoms with van der Waals surface area (Å²) in [7, 11) is 0. The number of para-hydroxylation sites is 1. The van der Waals surface area contributed by atoms with Crippen LogP contribution in [0, 0.1) is 0 Å². The third-order valence-electron chi connectivity index (χ3n) is 2.70. The molecule has 0 aliphatic heterocycles. The van der Waals surface area contributed by atoms with E-state index in [-0.39, 0.29) is 4.48 Å². The monoisotopic (exact) mass is 194 g/mol. The fraction of sp³-hybridized carbons (Fsp3) is 0.364. The zero-order valence-electron chi connectivity index (χ0n) is 8.60. The van der Waals surface area contributed by atoms with Crippen LogP contribution in [-0.4, -0.2) is 24.3 Å². The maximum atomic E-state index is 11.3. The van der Waals surface area contributed by atoms with Crippen molar-refractivity contribution in [2.24, 2.45) is 0 Å². The lowest BCUT2D eigenvalue weighted by molar-refractivity contribution is 0.151. The molecule has 0 saturated carbocycles. The number of nitrogens with zero attached hydrogens (tertiary/aromatic N) is 1. The molecular weight excluding hydrogens is 178 g/mol. The van der Waals surface area contributed by atoms with Gasteiger partial charge in [0.1, 0.15) is 5.69 Å². The van der Waals surface area contributed by atoms with Crippen LogP contribution in [-0.2, 0) is 0 Å². The van der Waals surface area contributed by atoms with Crippen molar-refractivity contribution in [2.75, 3.05) is 13.1 Å². The first-order chi connectivity index (χ1) is 6.67. The molecule has 3 nitrogen and oxygen atoms in total. The standard InChI is InChI=1S/C11H15NO2/c1-3-12(4-2,11(13)14)10-8-6-5-7-9-10/h5-9H,3-4H2,1-2H3/p+1. The molecule has 0 fully saturated rings. The van der Waals surface area contributed by atoms with E-state index in [9.17, 15) is 9.90 Å². The Morgan fingerprint density at radius 3 is 2.07 bits per heavy atom. The van der Waals surface area contributed by atoms with Gasteiger partial charge in [0.2, 0.25) is 0 Å². The van der Waals surface area contributed by atoms with Crippen LogP contribution in [0.5, 0.6) is 0 Å². The minimum Gasteiger partial charge on any atom is -0.435 e. The van der Waals surface area contributed by atoms with Crippen molar-refractivity contribution in [3.63, 3.8) is 0 Å². The second kappa shape index (κ2) is 4.24. The number of amides is 1. The summed E-state index contributed by atoms with van der Waals surface area (Å²) in [6.07, 6.45) is -0.791. The van der Waals surface area contributed by atoms with E-state index in [1.807, 2.05) is 44.2 Å². The molecule has 76 valence electrons. The Hall–Kier alpha value is -1.35. The van der Waals surface area contributed by atoms with E-state index in [0.717, 1.165) is 5.69 Å². The van der Waals surface area contributed by atoms with Gasteiger partial charge < -0.3 is 5.11 Å². The quantitative estimate of drug-likeness (QED) is 0.751. The van der Waals surface area contributed by atoms with Gasteiger partial charge >= 0.3 is 6.09 Å². The van der Waals surface area contributed by atoms with Gasteiger partial charge in [-0.2, -0.15) is 9.28 Å². The summed E-state index contributed by atoms with van der Waals surface area (Å²) in [5.74, 6) is 0. The van der Waals surface area contributed by atoms with Crippen molar-refractivity contribution in [1.82, 2.24) is 4.48 Å². The number of benzene rings is 1. The number of carboxylic acid groups (broad SMARTS) is 1. The molecule has 1 rings (SSSR count). The highest BCUT2D eigenvalue weighted by molar-refractivity contribution is 5.80. The van der Waals surface area contributed by atoms with Crippen molar-refractivity contribution in [3.8, 4) is 0 Å². The van der Waals surface area contributed by atoms with E-state index in [2.05, 4.69) is 0 Å². The predicted octanol–water partition coefficient (Wildman–Crippen LogP) is 2.71. The Balaban J connectivity index is 3.18. The van der Waals surface area contributed by atoms with Crippen molar-refractivity contribution in [1.29, 1.82) is 0 Å². The van der Waals surface area contributed by atoms with Gasteiger partial charge in [-0.25, -0.2) is 0 Å². The second-order valence-electron chi connectivity index (χ2n) is 3.22. The average molecular weight is 194 g/mol. The number of rotatable bonds is 3. The van der Waals surface area contributed by atoms with E-state index in [4.69, 9.17) is 0 Å². The summed E-state index contributed by atoms with van der Waals surface area (Å²) in [5, 5.41) is 9.25. The fourth-order valence-corrected chi connectivity index (χ4v) is 1.68. The lowest BCUT2D eigenvalue weighted by atomic mass is 10.2. The average Bonchev–Trinajstić information content (AvgIpc) is 2.22. The van der Waals surface area contributed by atoms with Gasteiger partial charge in [0.15, 0.2) is 0 Å². The minimum atomic E-state index is -0.791. The van der Waals surface area contributed by atoms with Gasteiger partial charge in [-0.1, -0.05) is 18.2 Å². The van der Waals surface area contributed by atoms with E-state index in [0.29, 0.717) is 13.1 Å². The molecule has 0 aliphatic carbocycles. The highest BCUT2D eigenvalue weighted by Gasteiger charge is 2.35. The summed E-state index contributed by atoms with van der Waals surface area (Å²) in [5.41, 5.74) is 0.838. The summed E-state index contributed by atoms with van der Waals surface area (Å²) < 4.78 is 0.000833. The van der Waals surface area contributed by atoms with Crippen molar-refractivity contribution < 1.29 is 9.90 Å². The Labute approximate surface area is 84.2 Å². The Morgan fingerprint density at radius 1 is 1.21 bits per heavy atom. The lowest BCUT2D eigenvalue weighted by Gasteiger charge is -2.29. The maximum absolute atomic E-state index is 11.3. The zero-order valence-corrected chi connectivity index (χ0v) is 8.60. The SMILES string of the molecule is CC[N+](CC)(C(=O)O)c1ccccc1. The zero-order chi connectivity index (χ0) is 10.6. The Kier molecular flexibility index (Phi) is 3.25. The van der Waals surface area contributed by atoms with Gasteiger partial charge in [-0.05, 0) is 26.0 Å². The van der Waals surface area contributed by atoms with E-state index in [1.165, 1.54) is 0 Å². The molecule has 0 saturated heterocycles. The molecule has 0 aliphatic rings. The molecule has 0 aromatic heterocycles. The van der Waals surface area contributed by atoms with Crippen molar-refractivity contribution in [2.45, 2.75) is 13.8 Å². The topological polar surface area (TPSA) is 37.3 Å². The normalized spacial score (nSPS) is 11.3. The molecule has 0 bridgehead atoms. The van der Waals surface area contributed by atoms with Gasteiger partial charge in [-0.3, -0.25) is 0 Å². The summed E-state index contributed by atoms with van der Waals surface area (Å²) >= 11 is 0. The summed E-state index contributed by atoms with van der Waals surface area (Å²) in [6, 6.07) is 9.36. The predicted molar refractivity (Wildman–Crippen MR) is 57.3 cm³/mol.